The maximum absolute atomic E-state index is 2.35. The fourth-order valence-electron chi connectivity index (χ4n) is 1.79. The van der Waals surface area contributed by atoms with E-state index in [1.165, 1.54) is 0 Å². The van der Waals surface area contributed by atoms with Gasteiger partial charge in [-0.15, -0.1) is 0 Å². The largest absolute Gasteiger partial charge is 0.0988 e. The van der Waals surface area contributed by atoms with Crippen molar-refractivity contribution in [3.63, 3.8) is 0 Å². The van der Waals surface area contributed by atoms with Crippen LogP contribution in [0.25, 0.3) is 0 Å². The Morgan fingerprint density at radius 2 is 0.818 bits per heavy atom. The summed E-state index contributed by atoms with van der Waals surface area (Å²) < 4.78 is 0. The zero-order valence-corrected chi connectivity index (χ0v) is 10.4. The minimum Gasteiger partial charge on any atom is -0.0988 e. The van der Waals surface area contributed by atoms with Gasteiger partial charge in [0.25, 0.3) is 0 Å². The van der Waals surface area contributed by atoms with Gasteiger partial charge in [-0.05, 0) is 17.0 Å². The second-order valence-corrected chi connectivity index (χ2v) is 7.72. The van der Waals surface area contributed by atoms with Gasteiger partial charge in [-0.25, -0.2) is 0 Å². The van der Waals surface area contributed by atoms with Gasteiger partial charge in [0.15, 0.2) is 0 Å². The molecule has 0 aromatic carbocycles. The molecule has 1 radical (unpaired) electrons. The molecule has 0 saturated carbocycles. The van der Waals surface area contributed by atoms with E-state index in [0.717, 1.165) is 17.0 Å². The number of hydrogen-bond acceptors (Lipinski definition) is 0. The zero-order valence-electron chi connectivity index (χ0n) is 8.51. The number of rotatable bonds is 3. The third-order valence-electron chi connectivity index (χ3n) is 1.79. The van der Waals surface area contributed by atoms with Gasteiger partial charge < -0.3 is 0 Å². The third kappa shape index (κ3) is 5.22. The summed E-state index contributed by atoms with van der Waals surface area (Å²) in [6, 6.07) is 0. The van der Waals surface area contributed by atoms with Crippen LogP contribution in [0.3, 0.4) is 0 Å². The molecule has 0 amide bonds. The minimum atomic E-state index is 0. The summed E-state index contributed by atoms with van der Waals surface area (Å²) in [6.07, 6.45) is 0. The molecule has 11 heavy (non-hydrogen) atoms. The predicted molar refractivity (Wildman–Crippen MR) is 52.3 cm³/mol. The Morgan fingerprint density at radius 3 is 0.818 bits per heavy atom. The van der Waals surface area contributed by atoms with Crippen molar-refractivity contribution >= 4 is 7.92 Å². The van der Waals surface area contributed by atoms with E-state index in [2.05, 4.69) is 41.5 Å². The summed E-state index contributed by atoms with van der Waals surface area (Å²) in [6.45, 7) is 14.1. The quantitative estimate of drug-likeness (QED) is 0.635. The molecule has 0 unspecified atom stereocenters. The van der Waals surface area contributed by atoms with Crippen LogP contribution in [0.1, 0.15) is 41.5 Å². The van der Waals surface area contributed by atoms with Crippen LogP contribution >= 0.6 is 7.92 Å². The fraction of sp³-hybridized carbons (Fsp3) is 1.00. The van der Waals surface area contributed by atoms with Gasteiger partial charge in [0, 0.05) is 16.8 Å². The molecule has 0 fully saturated rings. The van der Waals surface area contributed by atoms with Crippen LogP contribution in [0.2, 0.25) is 0 Å². The summed E-state index contributed by atoms with van der Waals surface area (Å²) in [7, 11) is 0.262. The molecule has 0 bridgehead atoms. The van der Waals surface area contributed by atoms with E-state index < -0.39 is 0 Å². The van der Waals surface area contributed by atoms with Crippen molar-refractivity contribution in [1.29, 1.82) is 0 Å². The summed E-state index contributed by atoms with van der Waals surface area (Å²) in [5.41, 5.74) is 2.69. The van der Waals surface area contributed by atoms with Crippen LogP contribution in [0.5, 0.6) is 0 Å². The van der Waals surface area contributed by atoms with Crippen LogP contribution in [-0.2, 0) is 16.8 Å². The summed E-state index contributed by atoms with van der Waals surface area (Å²) in [5.74, 6) is 0. The SMILES string of the molecule is CC(C)P(C(C)C)C(C)C.[Co]. The predicted octanol–water partition coefficient (Wildman–Crippen LogP) is 3.69. The Hall–Kier alpha value is 0.936. The van der Waals surface area contributed by atoms with Crippen molar-refractivity contribution in [2.24, 2.45) is 0 Å². The standard InChI is InChI=1S/C9H21P.Co/c1-7(2)10(8(3)4)9(5)6;/h7-9H,1-6H3;. The smallest absolute Gasteiger partial charge is 0 e. The molecule has 0 saturated heterocycles. The molecule has 0 spiro atoms. The molecule has 71 valence electrons. The third-order valence-corrected chi connectivity index (χ3v) is 5.37. The van der Waals surface area contributed by atoms with Crippen molar-refractivity contribution < 1.29 is 16.8 Å². The second kappa shape index (κ2) is 6.45. The topological polar surface area (TPSA) is 0 Å². The monoisotopic (exact) mass is 219 g/mol. The Bertz CT molecular complexity index is 70.5. The molecular weight excluding hydrogens is 198 g/mol. The van der Waals surface area contributed by atoms with Crippen LogP contribution in [0.15, 0.2) is 0 Å². The first-order chi connectivity index (χ1) is 4.46. The second-order valence-electron chi connectivity index (χ2n) is 3.73. The van der Waals surface area contributed by atoms with Crippen LogP contribution in [0, 0.1) is 0 Å². The maximum atomic E-state index is 2.35. The van der Waals surface area contributed by atoms with Gasteiger partial charge >= 0.3 is 0 Å². The Balaban J connectivity index is 0. The van der Waals surface area contributed by atoms with Gasteiger partial charge in [-0.3, -0.25) is 0 Å². The Labute approximate surface area is 83.5 Å². The van der Waals surface area contributed by atoms with E-state index in [0.29, 0.717) is 0 Å². The van der Waals surface area contributed by atoms with Gasteiger partial charge in [0.1, 0.15) is 0 Å². The van der Waals surface area contributed by atoms with Gasteiger partial charge in [-0.2, -0.15) is 0 Å². The van der Waals surface area contributed by atoms with E-state index in [1.54, 1.807) is 0 Å². The summed E-state index contributed by atoms with van der Waals surface area (Å²) in [5, 5.41) is 0. The molecule has 0 atom stereocenters. The Kier molecular flexibility index (Phi) is 8.48. The van der Waals surface area contributed by atoms with Crippen LogP contribution in [-0.4, -0.2) is 17.0 Å². The van der Waals surface area contributed by atoms with E-state index in [-0.39, 0.29) is 24.7 Å². The molecule has 0 N–H and O–H groups in total. The molecule has 0 aromatic heterocycles. The molecule has 0 aliphatic carbocycles. The average molecular weight is 219 g/mol. The Morgan fingerprint density at radius 1 is 0.636 bits per heavy atom. The molecule has 0 aromatic rings. The zero-order chi connectivity index (χ0) is 8.31. The number of hydrogen-bond donors (Lipinski definition) is 0. The van der Waals surface area contributed by atoms with Gasteiger partial charge in [-0.1, -0.05) is 49.5 Å². The van der Waals surface area contributed by atoms with Crippen molar-refractivity contribution in [1.82, 2.24) is 0 Å². The van der Waals surface area contributed by atoms with E-state index in [9.17, 15) is 0 Å². The first kappa shape index (κ1) is 14.5. The fourth-order valence-corrected chi connectivity index (χ4v) is 5.37. The normalized spacial score (nSPS) is 11.5. The van der Waals surface area contributed by atoms with E-state index in [4.69, 9.17) is 0 Å². The minimum absolute atomic E-state index is 0. The molecule has 0 nitrogen and oxygen atoms in total. The van der Waals surface area contributed by atoms with Crippen LogP contribution < -0.4 is 0 Å². The molecular formula is C9H21CoP. The van der Waals surface area contributed by atoms with Crippen molar-refractivity contribution in [2.45, 2.75) is 58.5 Å². The van der Waals surface area contributed by atoms with Gasteiger partial charge in [0.2, 0.25) is 0 Å². The average Bonchev–Trinajstić information content (AvgIpc) is 1.59. The van der Waals surface area contributed by atoms with Gasteiger partial charge in [0.05, 0.1) is 0 Å². The summed E-state index contributed by atoms with van der Waals surface area (Å²) >= 11 is 0. The maximum Gasteiger partial charge on any atom is 0 e. The van der Waals surface area contributed by atoms with Crippen molar-refractivity contribution in [3.05, 3.63) is 0 Å². The molecule has 0 rings (SSSR count). The van der Waals surface area contributed by atoms with Crippen molar-refractivity contribution in [2.75, 3.05) is 0 Å². The van der Waals surface area contributed by atoms with Crippen molar-refractivity contribution in [3.8, 4) is 0 Å². The van der Waals surface area contributed by atoms with E-state index in [1.807, 2.05) is 0 Å². The molecule has 2 heteroatoms. The molecule has 0 heterocycles. The molecule has 0 aliphatic heterocycles. The first-order valence-corrected chi connectivity index (χ1v) is 5.79. The first-order valence-electron chi connectivity index (χ1n) is 4.24. The molecule has 0 aliphatic rings. The van der Waals surface area contributed by atoms with E-state index >= 15 is 0 Å². The summed E-state index contributed by atoms with van der Waals surface area (Å²) in [4.78, 5) is 0. The van der Waals surface area contributed by atoms with Crippen LogP contribution in [0.4, 0.5) is 0 Å².